The average Bonchev–Trinajstić information content (AvgIpc) is 2.76. The van der Waals surface area contributed by atoms with E-state index in [9.17, 15) is 24.1 Å². The standard InChI is InChI=1S/C15H23FN3O7P/c1-8(9(2)20)18-27(4,24)25-7-10-12(22)15(3,16)13(26-10)19-6-5-11(21)17-14(19)23/h5-6,8,10,12-13,22H,7H2,1-4H3,(H,18,24)(H,17,21,23)/t8-,10+,12+,13+,15+,27+/m0/s1/i3+1. The number of alkyl halides is 1. The molecule has 0 bridgehead atoms. The molecular weight excluding hydrogens is 385 g/mol. The highest BCUT2D eigenvalue weighted by molar-refractivity contribution is 7.56. The van der Waals surface area contributed by atoms with Gasteiger partial charge in [-0.15, -0.1) is 0 Å². The molecule has 12 heteroatoms. The molecule has 2 rings (SSSR count). The molecule has 0 radical (unpaired) electrons. The molecule has 6 atom stereocenters. The number of hydrogen-bond acceptors (Lipinski definition) is 7. The summed E-state index contributed by atoms with van der Waals surface area (Å²) in [5.74, 6) is -0.244. The van der Waals surface area contributed by atoms with Crippen LogP contribution in [0.3, 0.4) is 0 Å². The number of nitrogens with one attached hydrogen (secondary N) is 2. The first kappa shape index (κ1) is 21.6. The second-order valence-electron chi connectivity index (χ2n) is 6.74. The van der Waals surface area contributed by atoms with Crippen LogP contribution in [0.2, 0.25) is 0 Å². The molecule has 0 amide bonds. The Labute approximate surface area is 154 Å². The van der Waals surface area contributed by atoms with Crippen molar-refractivity contribution in [2.75, 3.05) is 13.3 Å². The Kier molecular flexibility index (Phi) is 6.23. The molecule has 152 valence electrons. The number of rotatable bonds is 7. The lowest BCUT2D eigenvalue weighted by molar-refractivity contribution is -0.118. The number of hydrogen-bond donors (Lipinski definition) is 3. The van der Waals surface area contributed by atoms with Gasteiger partial charge in [-0.3, -0.25) is 23.7 Å². The Balaban J connectivity index is 2.14. The summed E-state index contributed by atoms with van der Waals surface area (Å²) in [7, 11) is -3.43. The number of carbonyl (C=O) groups excluding carboxylic acids is 1. The molecule has 0 spiro atoms. The Morgan fingerprint density at radius 2 is 2.22 bits per heavy atom. The van der Waals surface area contributed by atoms with Gasteiger partial charge in [-0.1, -0.05) is 0 Å². The highest BCUT2D eigenvalue weighted by Crippen LogP contribution is 2.44. The third kappa shape index (κ3) is 4.80. The lowest BCUT2D eigenvalue weighted by Crippen LogP contribution is -2.43. The van der Waals surface area contributed by atoms with E-state index in [0.717, 1.165) is 23.8 Å². The molecule has 1 aliphatic heterocycles. The van der Waals surface area contributed by atoms with Crippen molar-refractivity contribution >= 4 is 13.3 Å². The van der Waals surface area contributed by atoms with Gasteiger partial charge in [0.15, 0.2) is 11.9 Å². The monoisotopic (exact) mass is 408 g/mol. The normalized spacial score (nSPS) is 31.4. The minimum absolute atomic E-state index is 0.244. The summed E-state index contributed by atoms with van der Waals surface area (Å²) in [5, 5.41) is 12.8. The number of ether oxygens (including phenoxy) is 1. The van der Waals surface area contributed by atoms with E-state index < -0.39 is 55.5 Å². The molecule has 3 N–H and O–H groups in total. The van der Waals surface area contributed by atoms with Crippen LogP contribution in [0.4, 0.5) is 4.39 Å². The van der Waals surface area contributed by atoms with Crippen LogP contribution in [-0.2, 0) is 18.6 Å². The van der Waals surface area contributed by atoms with Gasteiger partial charge in [0.05, 0.1) is 12.6 Å². The molecule has 0 saturated carbocycles. The molecule has 1 saturated heterocycles. The molecule has 1 aliphatic rings. The summed E-state index contributed by atoms with van der Waals surface area (Å²) in [6.07, 6.45) is -3.38. The van der Waals surface area contributed by atoms with Crippen molar-refractivity contribution in [3.8, 4) is 0 Å². The molecule has 1 aromatic heterocycles. The average molecular weight is 408 g/mol. The lowest BCUT2D eigenvalue weighted by Gasteiger charge is -2.24. The van der Waals surface area contributed by atoms with E-state index >= 15 is 4.39 Å². The number of carbonyl (C=O) groups is 1. The van der Waals surface area contributed by atoms with Gasteiger partial charge in [0.25, 0.3) is 13.1 Å². The molecule has 0 aliphatic carbocycles. The SMILES string of the molecule is CC(=O)[C@H](C)N[P@](C)(=O)OC[C@H]1O[C@@H](n2ccc(=O)[nH]c2=O)[C@]([13CH3])(F)[C@@H]1O. The number of nitrogens with zero attached hydrogens (tertiary/aromatic N) is 1. The molecule has 27 heavy (non-hydrogen) atoms. The van der Waals surface area contributed by atoms with Crippen molar-refractivity contribution < 1.29 is 28.1 Å². The maximum absolute atomic E-state index is 15.0. The second kappa shape index (κ2) is 7.76. The zero-order valence-electron chi connectivity index (χ0n) is 15.3. The molecule has 0 unspecified atom stereocenters. The highest BCUT2D eigenvalue weighted by Gasteiger charge is 2.55. The summed E-state index contributed by atoms with van der Waals surface area (Å²) < 4.78 is 38.9. The fraction of sp³-hybridized carbons (Fsp3) is 0.667. The van der Waals surface area contributed by atoms with Gasteiger partial charge in [0.1, 0.15) is 18.0 Å². The number of aliphatic hydroxyl groups excluding tert-OH is 1. The zero-order chi connectivity index (χ0) is 20.6. The summed E-state index contributed by atoms with van der Waals surface area (Å²) >= 11 is 0. The number of ketones is 1. The van der Waals surface area contributed by atoms with E-state index in [1.165, 1.54) is 20.5 Å². The highest BCUT2D eigenvalue weighted by atomic mass is 31.2. The fourth-order valence-electron chi connectivity index (χ4n) is 2.66. The molecule has 2 heterocycles. The van der Waals surface area contributed by atoms with Gasteiger partial charge in [-0.2, -0.15) is 0 Å². The van der Waals surface area contributed by atoms with Crippen LogP contribution < -0.4 is 16.3 Å². The first-order chi connectivity index (χ1) is 12.3. The van der Waals surface area contributed by atoms with Crippen LogP contribution in [-0.4, -0.2) is 57.6 Å². The predicted molar refractivity (Wildman–Crippen MR) is 93.5 cm³/mol. The maximum atomic E-state index is 15.0. The lowest BCUT2D eigenvalue weighted by atomic mass is 10.0. The van der Waals surface area contributed by atoms with Gasteiger partial charge in [0.2, 0.25) is 0 Å². The van der Waals surface area contributed by atoms with Gasteiger partial charge in [-0.05, 0) is 20.8 Å². The smallest absolute Gasteiger partial charge is 0.330 e. The number of aromatic amines is 1. The van der Waals surface area contributed by atoms with Crippen molar-refractivity contribution in [1.29, 1.82) is 0 Å². The summed E-state index contributed by atoms with van der Waals surface area (Å²) in [6.45, 7) is 4.68. The van der Waals surface area contributed by atoms with Crippen molar-refractivity contribution in [3.05, 3.63) is 33.1 Å². The van der Waals surface area contributed by atoms with E-state index in [-0.39, 0.29) is 5.78 Å². The summed E-state index contributed by atoms with van der Waals surface area (Å²) in [4.78, 5) is 36.3. The minimum Gasteiger partial charge on any atom is -0.387 e. The third-order valence-electron chi connectivity index (χ3n) is 4.34. The van der Waals surface area contributed by atoms with Crippen LogP contribution in [0.15, 0.2) is 21.9 Å². The van der Waals surface area contributed by atoms with Crippen molar-refractivity contribution in [3.63, 3.8) is 0 Å². The van der Waals surface area contributed by atoms with Gasteiger partial charge in [0, 0.05) is 18.9 Å². The molecule has 1 fully saturated rings. The largest absolute Gasteiger partial charge is 0.387 e. The van der Waals surface area contributed by atoms with Crippen LogP contribution in [0.1, 0.15) is 27.0 Å². The van der Waals surface area contributed by atoms with E-state index in [2.05, 4.69) is 5.09 Å². The van der Waals surface area contributed by atoms with Crippen LogP contribution >= 0.6 is 7.52 Å². The number of halogens is 1. The molecule has 10 nitrogen and oxygen atoms in total. The Morgan fingerprint density at radius 1 is 1.59 bits per heavy atom. The van der Waals surface area contributed by atoms with Gasteiger partial charge >= 0.3 is 5.69 Å². The first-order valence-corrected chi connectivity index (χ1v) is 10.3. The van der Waals surface area contributed by atoms with Gasteiger partial charge in [-0.25, -0.2) is 14.3 Å². The topological polar surface area (TPSA) is 140 Å². The Bertz CT molecular complexity index is 867. The molecular formula is C15H23FN3O7P. The van der Waals surface area contributed by atoms with Crippen molar-refractivity contribution in [2.24, 2.45) is 0 Å². The van der Waals surface area contributed by atoms with E-state index in [1.807, 2.05) is 4.98 Å². The van der Waals surface area contributed by atoms with Gasteiger partial charge < -0.3 is 14.4 Å². The first-order valence-electron chi connectivity index (χ1n) is 8.19. The van der Waals surface area contributed by atoms with Crippen molar-refractivity contribution in [2.45, 2.75) is 50.9 Å². The second-order valence-corrected chi connectivity index (χ2v) is 8.95. The predicted octanol–water partition coefficient (Wildman–Crippen LogP) is -0.0703. The van der Waals surface area contributed by atoms with E-state index in [1.54, 1.807) is 0 Å². The quantitative estimate of drug-likeness (QED) is 0.421. The van der Waals surface area contributed by atoms with E-state index in [4.69, 9.17) is 9.26 Å². The minimum atomic E-state index is -3.43. The fourth-order valence-corrected chi connectivity index (χ4v) is 4.05. The van der Waals surface area contributed by atoms with Crippen LogP contribution in [0.25, 0.3) is 0 Å². The number of aliphatic hydroxyl groups is 1. The van der Waals surface area contributed by atoms with Crippen molar-refractivity contribution in [1.82, 2.24) is 14.6 Å². The van der Waals surface area contributed by atoms with Crippen LogP contribution in [0, 0.1) is 0 Å². The number of Topliss-reactive ketones (excluding diaryl/α,β-unsaturated/α-hetero) is 1. The number of aromatic nitrogens is 2. The molecule has 0 aromatic carbocycles. The van der Waals surface area contributed by atoms with E-state index in [0.29, 0.717) is 0 Å². The zero-order valence-corrected chi connectivity index (χ0v) is 16.2. The Hall–Kier alpha value is -1.65. The number of H-pyrrole nitrogens is 1. The van der Waals surface area contributed by atoms with Crippen LogP contribution in [0.5, 0.6) is 0 Å². The Morgan fingerprint density at radius 3 is 2.78 bits per heavy atom. The summed E-state index contributed by atoms with van der Waals surface area (Å²) in [5.41, 5.74) is -3.94. The maximum Gasteiger partial charge on any atom is 0.330 e. The third-order valence-corrected chi connectivity index (χ3v) is 5.84. The summed E-state index contributed by atoms with van der Waals surface area (Å²) in [6, 6.07) is 0.304. The molecule has 1 aromatic rings.